The second kappa shape index (κ2) is 5.95. The molecule has 98 valence electrons. The highest BCUT2D eigenvalue weighted by atomic mass is 16.6. The minimum atomic E-state index is -0.405. The second-order valence-corrected chi connectivity index (χ2v) is 4.08. The summed E-state index contributed by atoms with van der Waals surface area (Å²) >= 11 is 0. The molecule has 0 aliphatic rings. The molecule has 0 saturated heterocycles. The summed E-state index contributed by atoms with van der Waals surface area (Å²) in [6.45, 7) is 2.60. The lowest BCUT2D eigenvalue weighted by atomic mass is 10.1. The van der Waals surface area contributed by atoms with Crippen LogP contribution in [0.5, 0.6) is 0 Å². The van der Waals surface area contributed by atoms with E-state index in [0.717, 1.165) is 17.3 Å². The molecule has 1 heterocycles. The molecule has 2 aromatic rings. The number of nitrogens with one attached hydrogen (secondary N) is 1. The van der Waals surface area contributed by atoms with Gasteiger partial charge in [0.25, 0.3) is 0 Å². The van der Waals surface area contributed by atoms with Gasteiger partial charge in [-0.15, -0.1) is 0 Å². The zero-order valence-electron chi connectivity index (χ0n) is 10.7. The first-order valence-corrected chi connectivity index (χ1v) is 6.11. The largest absolute Gasteiger partial charge is 0.379 e. The summed E-state index contributed by atoms with van der Waals surface area (Å²) < 4.78 is 0. The van der Waals surface area contributed by atoms with Gasteiger partial charge >= 0.3 is 5.69 Å². The van der Waals surface area contributed by atoms with Crippen LogP contribution in [0.1, 0.15) is 13.3 Å². The van der Waals surface area contributed by atoms with E-state index >= 15 is 0 Å². The van der Waals surface area contributed by atoms with E-state index in [2.05, 4.69) is 10.3 Å². The summed E-state index contributed by atoms with van der Waals surface area (Å²) in [7, 11) is 0. The van der Waals surface area contributed by atoms with Crippen molar-refractivity contribution in [3.8, 4) is 0 Å². The predicted molar refractivity (Wildman–Crippen MR) is 76.3 cm³/mol. The number of allylic oxidation sites excluding steroid dienone is 1. The SMILES string of the molecule is C/C=C/CCNc1c([N+](=O)[O-])cnc2ccccc12. The molecular weight excluding hydrogens is 242 g/mol. The van der Waals surface area contributed by atoms with Crippen LogP contribution in [0.2, 0.25) is 0 Å². The van der Waals surface area contributed by atoms with E-state index in [9.17, 15) is 10.1 Å². The third-order valence-electron chi connectivity index (χ3n) is 2.80. The molecule has 2 rings (SSSR count). The zero-order chi connectivity index (χ0) is 13.7. The Morgan fingerprint density at radius 3 is 2.95 bits per heavy atom. The first-order valence-electron chi connectivity index (χ1n) is 6.11. The van der Waals surface area contributed by atoms with E-state index in [1.165, 1.54) is 6.20 Å². The van der Waals surface area contributed by atoms with Gasteiger partial charge in [0.05, 0.1) is 10.4 Å². The predicted octanol–water partition coefficient (Wildman–Crippen LogP) is 3.52. The topological polar surface area (TPSA) is 68.1 Å². The van der Waals surface area contributed by atoms with Crippen molar-refractivity contribution in [2.45, 2.75) is 13.3 Å². The molecule has 0 aliphatic heterocycles. The van der Waals surface area contributed by atoms with Gasteiger partial charge in [-0.2, -0.15) is 0 Å². The van der Waals surface area contributed by atoms with E-state index in [-0.39, 0.29) is 5.69 Å². The number of fused-ring (bicyclic) bond motifs is 1. The number of pyridine rings is 1. The van der Waals surface area contributed by atoms with E-state index in [1.54, 1.807) is 0 Å². The van der Waals surface area contributed by atoms with Gasteiger partial charge in [0.15, 0.2) is 0 Å². The maximum atomic E-state index is 11.1. The Morgan fingerprint density at radius 2 is 2.21 bits per heavy atom. The van der Waals surface area contributed by atoms with Crippen LogP contribution in [-0.2, 0) is 0 Å². The quantitative estimate of drug-likeness (QED) is 0.385. The Bertz CT molecular complexity index is 623. The van der Waals surface area contributed by atoms with Gasteiger partial charge < -0.3 is 5.32 Å². The van der Waals surface area contributed by atoms with Gasteiger partial charge in [-0.25, -0.2) is 4.98 Å². The average Bonchev–Trinajstić information content (AvgIpc) is 2.43. The molecule has 0 fully saturated rings. The summed E-state index contributed by atoms with van der Waals surface area (Å²) in [5.74, 6) is 0. The minimum Gasteiger partial charge on any atom is -0.379 e. The summed E-state index contributed by atoms with van der Waals surface area (Å²) in [5, 5.41) is 15.0. The van der Waals surface area contributed by atoms with E-state index in [1.807, 2.05) is 43.3 Å². The molecule has 0 bridgehead atoms. The van der Waals surface area contributed by atoms with Crippen molar-refractivity contribution in [2.24, 2.45) is 0 Å². The van der Waals surface area contributed by atoms with Crippen LogP contribution in [0.15, 0.2) is 42.6 Å². The van der Waals surface area contributed by atoms with E-state index in [0.29, 0.717) is 12.2 Å². The van der Waals surface area contributed by atoms with Gasteiger partial charge in [0.1, 0.15) is 11.9 Å². The number of anilines is 1. The van der Waals surface area contributed by atoms with Crippen molar-refractivity contribution in [1.82, 2.24) is 4.98 Å². The van der Waals surface area contributed by atoms with Crippen molar-refractivity contribution >= 4 is 22.3 Å². The van der Waals surface area contributed by atoms with Crippen molar-refractivity contribution in [1.29, 1.82) is 0 Å². The maximum absolute atomic E-state index is 11.1. The van der Waals surface area contributed by atoms with E-state index in [4.69, 9.17) is 0 Å². The Labute approximate surface area is 111 Å². The zero-order valence-corrected chi connectivity index (χ0v) is 10.7. The second-order valence-electron chi connectivity index (χ2n) is 4.08. The Kier molecular flexibility index (Phi) is 4.07. The van der Waals surface area contributed by atoms with Crippen molar-refractivity contribution in [3.63, 3.8) is 0 Å². The number of rotatable bonds is 5. The highest BCUT2D eigenvalue weighted by Gasteiger charge is 2.17. The van der Waals surface area contributed by atoms with Crippen LogP contribution in [0.4, 0.5) is 11.4 Å². The van der Waals surface area contributed by atoms with Crippen LogP contribution in [0, 0.1) is 10.1 Å². The van der Waals surface area contributed by atoms with Crippen molar-refractivity contribution < 1.29 is 4.92 Å². The summed E-state index contributed by atoms with van der Waals surface area (Å²) in [6, 6.07) is 7.40. The lowest BCUT2D eigenvalue weighted by Crippen LogP contribution is -2.05. The fourth-order valence-corrected chi connectivity index (χ4v) is 1.90. The third kappa shape index (κ3) is 2.88. The normalized spacial score (nSPS) is 11.0. The van der Waals surface area contributed by atoms with Crippen LogP contribution >= 0.6 is 0 Å². The molecule has 0 amide bonds. The summed E-state index contributed by atoms with van der Waals surface area (Å²) in [6.07, 6.45) is 6.10. The van der Waals surface area contributed by atoms with E-state index < -0.39 is 4.92 Å². The highest BCUT2D eigenvalue weighted by molar-refractivity contribution is 5.95. The van der Waals surface area contributed by atoms with Gasteiger partial charge in [-0.05, 0) is 19.4 Å². The molecule has 0 saturated carbocycles. The van der Waals surface area contributed by atoms with Crippen LogP contribution in [-0.4, -0.2) is 16.5 Å². The minimum absolute atomic E-state index is 0.0131. The van der Waals surface area contributed by atoms with Gasteiger partial charge in [-0.1, -0.05) is 30.4 Å². The lowest BCUT2D eigenvalue weighted by molar-refractivity contribution is -0.384. The smallest absolute Gasteiger partial charge is 0.311 e. The number of hydrogen-bond acceptors (Lipinski definition) is 4. The number of hydrogen-bond donors (Lipinski definition) is 1. The molecule has 0 spiro atoms. The van der Waals surface area contributed by atoms with Gasteiger partial charge in [-0.3, -0.25) is 10.1 Å². The van der Waals surface area contributed by atoms with Gasteiger partial charge in [0, 0.05) is 11.9 Å². The monoisotopic (exact) mass is 257 g/mol. The van der Waals surface area contributed by atoms with Gasteiger partial charge in [0.2, 0.25) is 0 Å². The molecule has 1 aromatic heterocycles. The number of aromatic nitrogens is 1. The Balaban J connectivity index is 2.41. The summed E-state index contributed by atoms with van der Waals surface area (Å²) in [5.41, 5.74) is 1.31. The molecule has 5 heteroatoms. The standard InChI is InChI=1S/C14H15N3O2/c1-2-3-6-9-15-14-11-7-4-5-8-12(11)16-10-13(14)17(18)19/h2-5,7-8,10H,6,9H2,1H3,(H,15,16)/b3-2+. The molecule has 19 heavy (non-hydrogen) atoms. The van der Waals surface area contributed by atoms with Crippen molar-refractivity contribution in [2.75, 3.05) is 11.9 Å². The third-order valence-corrected chi connectivity index (χ3v) is 2.80. The fourth-order valence-electron chi connectivity index (χ4n) is 1.90. The molecule has 0 radical (unpaired) electrons. The number of nitrogens with zero attached hydrogens (tertiary/aromatic N) is 2. The van der Waals surface area contributed by atoms with Crippen LogP contribution < -0.4 is 5.32 Å². The first-order chi connectivity index (χ1) is 9.24. The van der Waals surface area contributed by atoms with Crippen molar-refractivity contribution in [3.05, 3.63) is 52.7 Å². The molecule has 1 aromatic carbocycles. The molecular formula is C14H15N3O2. The average molecular weight is 257 g/mol. The van der Waals surface area contributed by atoms with Crippen LogP contribution in [0.3, 0.4) is 0 Å². The number of benzene rings is 1. The number of nitro groups is 1. The number of para-hydroxylation sites is 1. The Morgan fingerprint density at radius 1 is 1.42 bits per heavy atom. The molecule has 5 nitrogen and oxygen atoms in total. The fraction of sp³-hybridized carbons (Fsp3) is 0.214. The Hall–Kier alpha value is -2.43. The lowest BCUT2D eigenvalue weighted by Gasteiger charge is -2.08. The first kappa shape index (κ1) is 13.0. The molecule has 1 N–H and O–H groups in total. The molecule has 0 atom stereocenters. The maximum Gasteiger partial charge on any atom is 0.311 e. The summed E-state index contributed by atoms with van der Waals surface area (Å²) in [4.78, 5) is 14.8. The van der Waals surface area contributed by atoms with Crippen LogP contribution in [0.25, 0.3) is 10.9 Å². The highest BCUT2D eigenvalue weighted by Crippen LogP contribution is 2.31. The molecule has 0 unspecified atom stereocenters. The molecule has 0 aliphatic carbocycles.